The zero-order valence-electron chi connectivity index (χ0n) is 13.6. The quantitative estimate of drug-likeness (QED) is 0.599. The molecule has 134 valence electrons. The number of amides is 1. The van der Waals surface area contributed by atoms with E-state index in [0.717, 1.165) is 19.4 Å². The van der Waals surface area contributed by atoms with Gasteiger partial charge in [0.05, 0.1) is 22.6 Å². The molecule has 1 aliphatic rings. The lowest BCUT2D eigenvalue weighted by molar-refractivity contribution is -0.384. The number of hydrogen-bond donors (Lipinski definition) is 1. The maximum absolute atomic E-state index is 11.9. The van der Waals surface area contributed by atoms with Crippen LogP contribution in [0.15, 0.2) is 27.4 Å². The molecule has 1 aromatic carbocycles. The third kappa shape index (κ3) is 4.05. The minimum Gasteiger partial charge on any atom is -0.407 e. The normalized spacial score (nSPS) is 17.0. The van der Waals surface area contributed by atoms with Gasteiger partial charge in [-0.2, -0.15) is 0 Å². The Balaban J connectivity index is 1.55. The molecule has 1 aromatic heterocycles. The first-order valence-electron chi connectivity index (χ1n) is 8.20. The van der Waals surface area contributed by atoms with Crippen LogP contribution in [-0.4, -0.2) is 34.7 Å². The van der Waals surface area contributed by atoms with Gasteiger partial charge in [0, 0.05) is 32.2 Å². The van der Waals surface area contributed by atoms with Crippen LogP contribution >= 0.6 is 0 Å². The number of ether oxygens (including phenoxy) is 1. The Bertz CT molecular complexity index is 834. The number of non-ortho nitro benzene ring substituents is 1. The van der Waals surface area contributed by atoms with E-state index in [4.69, 9.17) is 9.15 Å². The summed E-state index contributed by atoms with van der Waals surface area (Å²) in [7, 11) is 0. The molecule has 1 unspecified atom stereocenters. The van der Waals surface area contributed by atoms with E-state index < -0.39 is 10.7 Å². The van der Waals surface area contributed by atoms with Gasteiger partial charge in [-0.25, -0.2) is 4.79 Å². The molecule has 3 rings (SSSR count). The highest BCUT2D eigenvalue weighted by Gasteiger charge is 2.17. The predicted molar refractivity (Wildman–Crippen MR) is 88.3 cm³/mol. The Morgan fingerprint density at radius 1 is 1.44 bits per heavy atom. The first kappa shape index (κ1) is 17.2. The molecule has 0 aliphatic carbocycles. The number of benzene rings is 1. The van der Waals surface area contributed by atoms with E-state index in [0.29, 0.717) is 25.0 Å². The molecule has 0 radical (unpaired) electrons. The van der Waals surface area contributed by atoms with E-state index in [9.17, 15) is 19.7 Å². The maximum atomic E-state index is 11.9. The van der Waals surface area contributed by atoms with Crippen LogP contribution < -0.4 is 11.1 Å². The van der Waals surface area contributed by atoms with Crippen molar-refractivity contribution in [2.24, 2.45) is 0 Å². The summed E-state index contributed by atoms with van der Waals surface area (Å²) < 4.78 is 11.9. The number of aryl methyl sites for hydroxylation is 1. The van der Waals surface area contributed by atoms with E-state index in [2.05, 4.69) is 5.32 Å². The third-order valence-corrected chi connectivity index (χ3v) is 4.20. The highest BCUT2D eigenvalue weighted by Crippen LogP contribution is 2.20. The summed E-state index contributed by atoms with van der Waals surface area (Å²) in [6.07, 6.45) is 2.82. The van der Waals surface area contributed by atoms with Gasteiger partial charge in [0.25, 0.3) is 5.69 Å². The van der Waals surface area contributed by atoms with Gasteiger partial charge in [-0.3, -0.25) is 19.5 Å². The molecule has 0 saturated carbocycles. The van der Waals surface area contributed by atoms with Crippen molar-refractivity contribution >= 4 is 22.7 Å². The lowest BCUT2D eigenvalue weighted by Crippen LogP contribution is -2.31. The highest BCUT2D eigenvalue weighted by molar-refractivity contribution is 5.76. The van der Waals surface area contributed by atoms with Crippen molar-refractivity contribution < 1.29 is 18.9 Å². The molecular weight excluding hydrogens is 330 g/mol. The first-order valence-corrected chi connectivity index (χ1v) is 8.20. The smallest absolute Gasteiger partial charge is 0.407 e. The molecule has 1 atom stereocenters. The fourth-order valence-corrected chi connectivity index (χ4v) is 2.90. The minimum absolute atomic E-state index is 0.0908. The van der Waals surface area contributed by atoms with E-state index in [1.54, 1.807) is 0 Å². The van der Waals surface area contributed by atoms with Gasteiger partial charge in [-0.05, 0) is 25.3 Å². The lowest BCUT2D eigenvalue weighted by Gasteiger charge is -2.10. The van der Waals surface area contributed by atoms with Crippen LogP contribution in [0.1, 0.15) is 25.7 Å². The number of fused-ring (bicyclic) bond motifs is 1. The molecule has 1 N–H and O–H groups in total. The van der Waals surface area contributed by atoms with Crippen LogP contribution in [0, 0.1) is 10.1 Å². The van der Waals surface area contributed by atoms with E-state index in [1.807, 2.05) is 0 Å². The van der Waals surface area contributed by atoms with Crippen LogP contribution in [0.2, 0.25) is 0 Å². The van der Waals surface area contributed by atoms with Crippen LogP contribution in [-0.2, 0) is 16.1 Å². The Morgan fingerprint density at radius 2 is 2.28 bits per heavy atom. The van der Waals surface area contributed by atoms with Crippen molar-refractivity contribution in [3.05, 3.63) is 38.9 Å². The van der Waals surface area contributed by atoms with Crippen LogP contribution in [0.25, 0.3) is 11.1 Å². The predicted octanol–water partition coefficient (Wildman–Crippen LogP) is 1.58. The third-order valence-electron chi connectivity index (χ3n) is 4.20. The Kier molecular flexibility index (Phi) is 5.13. The van der Waals surface area contributed by atoms with Crippen LogP contribution in [0.4, 0.5) is 5.69 Å². The fraction of sp³-hybridized carbons (Fsp3) is 0.500. The summed E-state index contributed by atoms with van der Waals surface area (Å²) in [4.78, 5) is 34.0. The number of carbonyl (C=O) groups is 1. The standard InChI is InChI=1S/C16H19N3O6/c20-15(17-10-12-3-2-8-24-12)4-1-7-18-13-6-5-11(19(22)23)9-14(13)25-16(18)21/h5-6,9,12H,1-4,7-8,10H2,(H,17,20). The van der Waals surface area contributed by atoms with Gasteiger partial charge in [0.1, 0.15) is 0 Å². The molecule has 2 heterocycles. The molecule has 9 nitrogen and oxygen atoms in total. The van der Waals surface area contributed by atoms with Gasteiger partial charge in [-0.1, -0.05) is 0 Å². The van der Waals surface area contributed by atoms with Gasteiger partial charge in [0.15, 0.2) is 5.58 Å². The van der Waals surface area contributed by atoms with Crippen LogP contribution in [0.5, 0.6) is 0 Å². The number of nitrogens with zero attached hydrogens (tertiary/aromatic N) is 2. The second-order valence-electron chi connectivity index (χ2n) is 5.97. The second-order valence-corrected chi connectivity index (χ2v) is 5.97. The van der Waals surface area contributed by atoms with Gasteiger partial charge in [-0.15, -0.1) is 0 Å². The average Bonchev–Trinajstić information content (AvgIpc) is 3.20. The number of rotatable bonds is 7. The van der Waals surface area contributed by atoms with Crippen molar-refractivity contribution in [1.29, 1.82) is 0 Å². The number of nitro benzene ring substituents is 1. The first-order chi connectivity index (χ1) is 12.0. The number of aromatic nitrogens is 1. The molecular formula is C16H19N3O6. The molecule has 0 bridgehead atoms. The molecule has 9 heteroatoms. The largest absolute Gasteiger partial charge is 0.419 e. The molecule has 1 aliphatic heterocycles. The Labute approximate surface area is 142 Å². The Hall–Kier alpha value is -2.68. The summed E-state index contributed by atoms with van der Waals surface area (Å²) in [6, 6.07) is 4.03. The summed E-state index contributed by atoms with van der Waals surface area (Å²) in [5.74, 6) is -0.678. The van der Waals surface area contributed by atoms with Gasteiger partial charge >= 0.3 is 5.76 Å². The summed E-state index contributed by atoms with van der Waals surface area (Å²) in [5.41, 5.74) is 0.513. The lowest BCUT2D eigenvalue weighted by atomic mass is 10.2. The van der Waals surface area contributed by atoms with Crippen LogP contribution in [0.3, 0.4) is 0 Å². The number of oxazole rings is 1. The number of nitrogens with one attached hydrogen (secondary N) is 1. The van der Waals surface area contributed by atoms with E-state index in [-0.39, 0.29) is 29.7 Å². The summed E-state index contributed by atoms with van der Waals surface area (Å²) in [6.45, 7) is 1.56. The molecule has 1 amide bonds. The maximum Gasteiger partial charge on any atom is 0.419 e. The van der Waals surface area contributed by atoms with Crippen molar-refractivity contribution in [2.45, 2.75) is 38.3 Å². The molecule has 1 saturated heterocycles. The summed E-state index contributed by atoms with van der Waals surface area (Å²) in [5, 5.41) is 13.6. The number of carbonyl (C=O) groups excluding carboxylic acids is 1. The molecule has 1 fully saturated rings. The molecule has 0 spiro atoms. The number of nitro groups is 1. The van der Waals surface area contributed by atoms with Crippen molar-refractivity contribution in [1.82, 2.24) is 9.88 Å². The van der Waals surface area contributed by atoms with E-state index in [1.165, 1.54) is 22.8 Å². The topological polar surface area (TPSA) is 117 Å². The summed E-state index contributed by atoms with van der Waals surface area (Å²) >= 11 is 0. The van der Waals surface area contributed by atoms with Crippen molar-refractivity contribution in [2.75, 3.05) is 13.2 Å². The Morgan fingerprint density at radius 3 is 3.00 bits per heavy atom. The van der Waals surface area contributed by atoms with Gasteiger partial charge < -0.3 is 14.5 Å². The van der Waals surface area contributed by atoms with Gasteiger partial charge in [0.2, 0.25) is 5.91 Å². The van der Waals surface area contributed by atoms with Crippen molar-refractivity contribution in [3.63, 3.8) is 0 Å². The zero-order chi connectivity index (χ0) is 17.8. The number of hydrogen-bond acceptors (Lipinski definition) is 6. The minimum atomic E-state index is -0.588. The second kappa shape index (κ2) is 7.47. The highest BCUT2D eigenvalue weighted by atomic mass is 16.6. The average molecular weight is 349 g/mol. The monoisotopic (exact) mass is 349 g/mol. The SMILES string of the molecule is O=C(CCCn1c(=O)oc2cc([N+](=O)[O-])ccc21)NCC1CCCO1. The fourth-order valence-electron chi connectivity index (χ4n) is 2.90. The molecule has 2 aromatic rings. The van der Waals surface area contributed by atoms with E-state index >= 15 is 0 Å². The van der Waals surface area contributed by atoms with Crippen molar-refractivity contribution in [3.8, 4) is 0 Å². The zero-order valence-corrected chi connectivity index (χ0v) is 13.6. The molecule has 25 heavy (non-hydrogen) atoms.